The van der Waals surface area contributed by atoms with E-state index in [0.29, 0.717) is 17.7 Å². The van der Waals surface area contributed by atoms with Crippen molar-refractivity contribution in [2.75, 3.05) is 18.1 Å². The first-order valence-corrected chi connectivity index (χ1v) is 5.95. The van der Waals surface area contributed by atoms with E-state index in [-0.39, 0.29) is 6.61 Å². The van der Waals surface area contributed by atoms with Crippen molar-refractivity contribution in [1.82, 2.24) is 9.97 Å². The lowest BCUT2D eigenvalue weighted by atomic mass is 10.1. The van der Waals surface area contributed by atoms with Gasteiger partial charge in [-0.25, -0.2) is 9.97 Å². The zero-order valence-electron chi connectivity index (χ0n) is 9.73. The molecule has 1 heterocycles. The van der Waals surface area contributed by atoms with Gasteiger partial charge in [-0.1, -0.05) is 25.4 Å². The summed E-state index contributed by atoms with van der Waals surface area (Å²) < 4.78 is 0. The molecule has 16 heavy (non-hydrogen) atoms. The van der Waals surface area contributed by atoms with Gasteiger partial charge in [0.25, 0.3) is 0 Å². The van der Waals surface area contributed by atoms with Gasteiger partial charge in [-0.2, -0.15) is 0 Å². The molecule has 0 aromatic carbocycles. The number of aliphatic hydroxyl groups is 1. The minimum absolute atomic E-state index is 0.109. The Morgan fingerprint density at radius 2 is 2.06 bits per heavy atom. The lowest BCUT2D eigenvalue weighted by molar-refractivity contribution is 0.295. The van der Waals surface area contributed by atoms with Crippen molar-refractivity contribution in [3.8, 4) is 0 Å². The zero-order valence-corrected chi connectivity index (χ0v) is 10.5. The number of hydrogen-bond acceptors (Lipinski definition) is 4. The predicted molar refractivity (Wildman–Crippen MR) is 65.8 cm³/mol. The fraction of sp³-hybridized carbons (Fsp3) is 0.636. The molecule has 0 saturated carbocycles. The van der Waals surface area contributed by atoms with E-state index in [1.54, 1.807) is 6.07 Å². The van der Waals surface area contributed by atoms with Crippen LogP contribution >= 0.6 is 11.6 Å². The van der Waals surface area contributed by atoms with Gasteiger partial charge >= 0.3 is 0 Å². The molecule has 1 N–H and O–H groups in total. The number of halogens is 1. The van der Waals surface area contributed by atoms with Crippen LogP contribution in [0.25, 0.3) is 0 Å². The predicted octanol–water partition coefficient (Wildman–Crippen LogP) is 2.12. The maximum absolute atomic E-state index is 9.09. The number of hydrogen-bond donors (Lipinski definition) is 1. The number of rotatable bonds is 6. The summed E-state index contributed by atoms with van der Waals surface area (Å²) in [5.41, 5.74) is 0. The Morgan fingerprint density at radius 1 is 1.38 bits per heavy atom. The SMILES string of the molecule is CCC(CC)N(CCO)c1cc(Cl)ncn1. The molecule has 0 radical (unpaired) electrons. The highest BCUT2D eigenvalue weighted by Gasteiger charge is 2.16. The summed E-state index contributed by atoms with van der Waals surface area (Å²) in [6.07, 6.45) is 3.47. The van der Waals surface area contributed by atoms with Gasteiger partial charge in [0.05, 0.1) is 6.61 Å². The largest absolute Gasteiger partial charge is 0.395 e. The second-order valence-corrected chi connectivity index (χ2v) is 3.97. The van der Waals surface area contributed by atoms with Crippen molar-refractivity contribution in [2.45, 2.75) is 32.7 Å². The van der Waals surface area contributed by atoms with E-state index in [1.807, 2.05) is 0 Å². The van der Waals surface area contributed by atoms with Gasteiger partial charge in [0.2, 0.25) is 0 Å². The second kappa shape index (κ2) is 6.66. The molecule has 0 aliphatic heterocycles. The fourth-order valence-corrected chi connectivity index (χ4v) is 1.94. The van der Waals surface area contributed by atoms with Crippen LogP contribution in [0.5, 0.6) is 0 Å². The van der Waals surface area contributed by atoms with Crippen LogP contribution in [0.1, 0.15) is 26.7 Å². The first-order chi connectivity index (χ1) is 7.72. The summed E-state index contributed by atoms with van der Waals surface area (Å²) in [5, 5.41) is 9.52. The summed E-state index contributed by atoms with van der Waals surface area (Å²) in [5.74, 6) is 0.780. The van der Waals surface area contributed by atoms with Crippen LogP contribution in [0.2, 0.25) is 5.15 Å². The number of aromatic nitrogens is 2. The molecule has 0 unspecified atom stereocenters. The van der Waals surface area contributed by atoms with Crippen molar-refractivity contribution in [1.29, 1.82) is 0 Å². The average Bonchev–Trinajstić information content (AvgIpc) is 2.29. The lowest BCUT2D eigenvalue weighted by Gasteiger charge is -2.30. The second-order valence-electron chi connectivity index (χ2n) is 3.59. The van der Waals surface area contributed by atoms with Crippen molar-refractivity contribution in [2.24, 2.45) is 0 Å². The highest BCUT2D eigenvalue weighted by Crippen LogP contribution is 2.19. The lowest BCUT2D eigenvalue weighted by Crippen LogP contribution is -2.37. The molecule has 0 spiro atoms. The summed E-state index contributed by atoms with van der Waals surface area (Å²) in [6, 6.07) is 2.10. The smallest absolute Gasteiger partial charge is 0.134 e. The summed E-state index contributed by atoms with van der Waals surface area (Å²) in [4.78, 5) is 10.1. The molecule has 0 aliphatic rings. The minimum atomic E-state index is 0.109. The Labute approximate surface area is 101 Å². The van der Waals surface area contributed by atoms with E-state index in [2.05, 4.69) is 28.7 Å². The van der Waals surface area contributed by atoms with Crippen LogP contribution in [-0.4, -0.2) is 34.3 Å². The Balaban J connectivity index is 2.91. The van der Waals surface area contributed by atoms with Crippen molar-refractivity contribution >= 4 is 17.4 Å². The Bertz CT molecular complexity index is 318. The first-order valence-electron chi connectivity index (χ1n) is 5.57. The highest BCUT2D eigenvalue weighted by molar-refractivity contribution is 6.29. The van der Waals surface area contributed by atoms with Gasteiger partial charge in [-0.15, -0.1) is 0 Å². The third-order valence-electron chi connectivity index (χ3n) is 2.64. The van der Waals surface area contributed by atoms with E-state index in [4.69, 9.17) is 16.7 Å². The summed E-state index contributed by atoms with van der Waals surface area (Å²) in [7, 11) is 0. The molecular formula is C11H18ClN3O. The van der Waals surface area contributed by atoms with Crippen molar-refractivity contribution < 1.29 is 5.11 Å². The van der Waals surface area contributed by atoms with Crippen LogP contribution in [0.15, 0.2) is 12.4 Å². The van der Waals surface area contributed by atoms with E-state index in [0.717, 1.165) is 18.7 Å². The van der Waals surface area contributed by atoms with Crippen LogP contribution in [0.3, 0.4) is 0 Å². The third-order valence-corrected chi connectivity index (χ3v) is 2.84. The molecule has 0 atom stereocenters. The summed E-state index contributed by atoms with van der Waals surface area (Å²) in [6.45, 7) is 4.93. The molecule has 0 amide bonds. The first kappa shape index (κ1) is 13.2. The molecule has 90 valence electrons. The highest BCUT2D eigenvalue weighted by atomic mass is 35.5. The Kier molecular flexibility index (Phi) is 5.49. The van der Waals surface area contributed by atoms with E-state index < -0.39 is 0 Å². The third kappa shape index (κ3) is 3.32. The van der Waals surface area contributed by atoms with Gasteiger partial charge < -0.3 is 10.0 Å². The quantitative estimate of drug-likeness (QED) is 0.778. The van der Waals surface area contributed by atoms with Crippen molar-refractivity contribution in [3.05, 3.63) is 17.5 Å². The minimum Gasteiger partial charge on any atom is -0.395 e. The Morgan fingerprint density at radius 3 is 2.56 bits per heavy atom. The number of anilines is 1. The molecule has 0 saturated heterocycles. The van der Waals surface area contributed by atoms with E-state index >= 15 is 0 Å². The number of aliphatic hydroxyl groups excluding tert-OH is 1. The Hall–Kier alpha value is -0.870. The van der Waals surface area contributed by atoms with Gasteiger partial charge in [-0.05, 0) is 12.8 Å². The maximum atomic E-state index is 9.09. The maximum Gasteiger partial charge on any atom is 0.134 e. The molecule has 5 heteroatoms. The van der Waals surface area contributed by atoms with Gasteiger partial charge in [0.15, 0.2) is 0 Å². The summed E-state index contributed by atoms with van der Waals surface area (Å²) >= 11 is 5.84. The molecule has 1 aromatic heterocycles. The fourth-order valence-electron chi connectivity index (χ4n) is 1.80. The average molecular weight is 244 g/mol. The topological polar surface area (TPSA) is 49.2 Å². The molecule has 0 fully saturated rings. The van der Waals surface area contributed by atoms with Crippen molar-refractivity contribution in [3.63, 3.8) is 0 Å². The molecule has 0 aliphatic carbocycles. The van der Waals surface area contributed by atoms with Crippen LogP contribution in [-0.2, 0) is 0 Å². The monoisotopic (exact) mass is 243 g/mol. The van der Waals surface area contributed by atoms with Crippen LogP contribution < -0.4 is 4.90 Å². The molecular weight excluding hydrogens is 226 g/mol. The van der Waals surface area contributed by atoms with Gasteiger partial charge in [0, 0.05) is 18.7 Å². The van der Waals surface area contributed by atoms with Crippen LogP contribution in [0.4, 0.5) is 5.82 Å². The van der Waals surface area contributed by atoms with E-state index in [9.17, 15) is 0 Å². The van der Waals surface area contributed by atoms with E-state index in [1.165, 1.54) is 6.33 Å². The molecule has 4 nitrogen and oxygen atoms in total. The molecule has 1 aromatic rings. The van der Waals surface area contributed by atoms with Crippen LogP contribution in [0, 0.1) is 0 Å². The van der Waals surface area contributed by atoms with Gasteiger partial charge in [0.1, 0.15) is 17.3 Å². The number of nitrogens with zero attached hydrogens (tertiary/aromatic N) is 3. The molecule has 1 rings (SSSR count). The van der Waals surface area contributed by atoms with Gasteiger partial charge in [-0.3, -0.25) is 0 Å². The zero-order chi connectivity index (χ0) is 12.0. The normalized spacial score (nSPS) is 10.8. The molecule has 0 bridgehead atoms. The standard InChI is InChI=1S/C11H18ClN3O/c1-3-9(4-2)15(5-6-16)11-7-10(12)13-8-14-11/h7-9,16H,3-6H2,1-2H3.